The summed E-state index contributed by atoms with van der Waals surface area (Å²) in [6, 6.07) is 22.4. The van der Waals surface area contributed by atoms with E-state index in [0.29, 0.717) is 16.8 Å². The summed E-state index contributed by atoms with van der Waals surface area (Å²) < 4.78 is 0. The summed E-state index contributed by atoms with van der Waals surface area (Å²) in [7, 11) is 0. The molecule has 0 spiro atoms. The molecule has 2 aromatic heterocycles. The third-order valence-electron chi connectivity index (χ3n) is 4.21. The average molecular weight is 386 g/mol. The van der Waals surface area contributed by atoms with Gasteiger partial charge in [-0.25, -0.2) is 4.98 Å². The molecule has 28 heavy (non-hydrogen) atoms. The second-order valence-electron chi connectivity index (χ2n) is 6.18. The zero-order valence-corrected chi connectivity index (χ0v) is 15.6. The first kappa shape index (κ1) is 17.9. The van der Waals surface area contributed by atoms with Gasteiger partial charge >= 0.3 is 0 Å². The van der Waals surface area contributed by atoms with Crippen LogP contribution in [-0.2, 0) is 0 Å². The van der Waals surface area contributed by atoms with Crippen molar-refractivity contribution in [2.75, 3.05) is 5.32 Å². The molecule has 0 fully saturated rings. The molecule has 1 amide bonds. The number of amides is 1. The topological polar surface area (TPSA) is 54.9 Å². The van der Waals surface area contributed by atoms with E-state index in [1.165, 1.54) is 0 Å². The molecule has 0 aliphatic heterocycles. The maximum atomic E-state index is 12.8. The van der Waals surface area contributed by atoms with Crippen LogP contribution in [0.4, 0.5) is 5.69 Å². The molecule has 0 radical (unpaired) electrons. The second kappa shape index (κ2) is 8.03. The number of aromatic nitrogens is 2. The van der Waals surface area contributed by atoms with Crippen LogP contribution in [0.15, 0.2) is 79.0 Å². The smallest absolute Gasteiger partial charge is 0.256 e. The molecular weight excluding hydrogens is 370 g/mol. The van der Waals surface area contributed by atoms with Crippen molar-refractivity contribution in [1.29, 1.82) is 0 Å². The van der Waals surface area contributed by atoms with E-state index in [4.69, 9.17) is 11.6 Å². The van der Waals surface area contributed by atoms with Gasteiger partial charge in [0.25, 0.3) is 5.91 Å². The molecule has 136 valence electrons. The normalized spacial score (nSPS) is 11.0. The molecule has 0 atom stereocenters. The van der Waals surface area contributed by atoms with E-state index in [1.807, 2.05) is 78.9 Å². The highest BCUT2D eigenvalue weighted by molar-refractivity contribution is 6.30. The second-order valence-corrected chi connectivity index (χ2v) is 6.56. The fourth-order valence-electron chi connectivity index (χ4n) is 2.91. The number of carbonyl (C=O) groups is 1. The van der Waals surface area contributed by atoms with Gasteiger partial charge in [-0.3, -0.25) is 9.78 Å². The molecule has 0 bridgehead atoms. The van der Waals surface area contributed by atoms with Crippen molar-refractivity contribution in [3.63, 3.8) is 0 Å². The Bertz CT molecular complexity index is 1170. The number of hydrogen-bond acceptors (Lipinski definition) is 3. The lowest BCUT2D eigenvalue weighted by atomic mass is 10.1. The van der Waals surface area contributed by atoms with E-state index >= 15 is 0 Å². The fourth-order valence-corrected chi connectivity index (χ4v) is 3.11. The molecule has 0 unspecified atom stereocenters. The Hall–Kier alpha value is -3.50. The summed E-state index contributed by atoms with van der Waals surface area (Å²) in [5, 5.41) is 3.99. The predicted octanol–water partition coefficient (Wildman–Crippen LogP) is 5.71. The van der Waals surface area contributed by atoms with Gasteiger partial charge in [0.2, 0.25) is 0 Å². The lowest BCUT2D eigenvalue weighted by Gasteiger charge is -2.09. The van der Waals surface area contributed by atoms with E-state index in [0.717, 1.165) is 16.6 Å². The van der Waals surface area contributed by atoms with Gasteiger partial charge in [-0.1, -0.05) is 54.1 Å². The monoisotopic (exact) mass is 385 g/mol. The highest BCUT2D eigenvalue weighted by atomic mass is 35.5. The summed E-state index contributed by atoms with van der Waals surface area (Å²) in [5.74, 6) is -0.230. The molecule has 4 rings (SSSR count). The summed E-state index contributed by atoms with van der Waals surface area (Å²) in [6.07, 6.45) is 5.63. The fraction of sp³-hybridized carbons (Fsp3) is 0. The molecule has 0 aliphatic rings. The van der Waals surface area contributed by atoms with Crippen molar-refractivity contribution in [2.24, 2.45) is 0 Å². The van der Waals surface area contributed by atoms with Crippen LogP contribution in [0, 0.1) is 0 Å². The van der Waals surface area contributed by atoms with E-state index in [1.54, 1.807) is 12.3 Å². The highest BCUT2D eigenvalue weighted by Crippen LogP contribution is 2.22. The molecule has 1 N–H and O–H groups in total. The Morgan fingerprint density at radius 1 is 0.929 bits per heavy atom. The van der Waals surface area contributed by atoms with Gasteiger partial charge in [0.05, 0.1) is 16.8 Å². The number of fused-ring (bicyclic) bond motifs is 1. The number of para-hydroxylation sites is 1. The zero-order valence-electron chi connectivity index (χ0n) is 14.8. The van der Waals surface area contributed by atoms with Crippen molar-refractivity contribution < 1.29 is 4.79 Å². The lowest BCUT2D eigenvalue weighted by Crippen LogP contribution is -2.12. The molecule has 0 saturated heterocycles. The molecule has 5 heteroatoms. The number of pyridine rings is 2. The number of carbonyl (C=O) groups excluding carboxylic acids is 1. The Morgan fingerprint density at radius 2 is 1.79 bits per heavy atom. The number of nitrogens with zero attached hydrogens (tertiary/aromatic N) is 2. The van der Waals surface area contributed by atoms with Gasteiger partial charge in [-0.2, -0.15) is 0 Å². The number of anilines is 1. The van der Waals surface area contributed by atoms with Crippen LogP contribution in [0.2, 0.25) is 5.15 Å². The van der Waals surface area contributed by atoms with Crippen LogP contribution in [0.3, 0.4) is 0 Å². The molecule has 0 aliphatic carbocycles. The SMILES string of the molecule is O=C(Nc1cccc(/C=C/c2ccccn2)c1)c1cc(Cl)nc2ccccc12. The minimum absolute atomic E-state index is 0.230. The third-order valence-corrected chi connectivity index (χ3v) is 4.40. The summed E-state index contributed by atoms with van der Waals surface area (Å²) in [5.41, 5.74) is 3.71. The predicted molar refractivity (Wildman–Crippen MR) is 114 cm³/mol. The molecule has 4 nitrogen and oxygen atoms in total. The molecule has 2 heterocycles. The Labute approximate surface area is 167 Å². The van der Waals surface area contributed by atoms with Gasteiger partial charge in [0.1, 0.15) is 5.15 Å². The van der Waals surface area contributed by atoms with E-state index in [9.17, 15) is 4.79 Å². The standard InChI is InChI=1S/C23H16ClN3O/c24-22-15-20(19-9-1-2-10-21(19)27-22)23(28)26-18-8-5-6-16(14-18)11-12-17-7-3-4-13-25-17/h1-15H,(H,26,28)/b12-11+. The largest absolute Gasteiger partial charge is 0.322 e. The van der Waals surface area contributed by atoms with Gasteiger partial charge in [0.15, 0.2) is 0 Å². The summed E-state index contributed by atoms with van der Waals surface area (Å²) in [4.78, 5) is 21.4. The number of halogens is 1. The highest BCUT2D eigenvalue weighted by Gasteiger charge is 2.12. The number of benzene rings is 2. The van der Waals surface area contributed by atoms with Gasteiger partial charge in [-0.05, 0) is 48.0 Å². The van der Waals surface area contributed by atoms with Crippen LogP contribution in [-0.4, -0.2) is 15.9 Å². The first-order chi connectivity index (χ1) is 13.7. The molecule has 4 aromatic rings. The maximum Gasteiger partial charge on any atom is 0.256 e. The van der Waals surface area contributed by atoms with Gasteiger partial charge in [-0.15, -0.1) is 0 Å². The number of hydrogen-bond donors (Lipinski definition) is 1. The molecule has 2 aromatic carbocycles. The van der Waals surface area contributed by atoms with Crippen molar-refractivity contribution in [1.82, 2.24) is 9.97 Å². The van der Waals surface area contributed by atoms with Crippen LogP contribution >= 0.6 is 11.6 Å². The minimum Gasteiger partial charge on any atom is -0.322 e. The van der Waals surface area contributed by atoms with Crippen molar-refractivity contribution in [2.45, 2.75) is 0 Å². The third kappa shape index (κ3) is 4.08. The van der Waals surface area contributed by atoms with Crippen molar-refractivity contribution in [3.05, 3.63) is 101 Å². The first-order valence-electron chi connectivity index (χ1n) is 8.75. The van der Waals surface area contributed by atoms with E-state index < -0.39 is 0 Å². The van der Waals surface area contributed by atoms with Crippen LogP contribution < -0.4 is 5.32 Å². The average Bonchev–Trinajstić information content (AvgIpc) is 2.72. The van der Waals surface area contributed by atoms with Crippen molar-refractivity contribution in [3.8, 4) is 0 Å². The van der Waals surface area contributed by atoms with E-state index in [2.05, 4.69) is 15.3 Å². The lowest BCUT2D eigenvalue weighted by molar-refractivity contribution is 0.102. The number of nitrogens with one attached hydrogen (secondary N) is 1. The van der Waals surface area contributed by atoms with Crippen molar-refractivity contribution >= 4 is 46.3 Å². The first-order valence-corrected chi connectivity index (χ1v) is 9.13. The van der Waals surface area contributed by atoms with Crippen LogP contribution in [0.1, 0.15) is 21.6 Å². The summed E-state index contributed by atoms with van der Waals surface area (Å²) in [6.45, 7) is 0. The van der Waals surface area contributed by atoms with Crippen LogP contribution in [0.5, 0.6) is 0 Å². The maximum absolute atomic E-state index is 12.8. The van der Waals surface area contributed by atoms with Crippen LogP contribution in [0.25, 0.3) is 23.1 Å². The Kier molecular flexibility index (Phi) is 5.13. The van der Waals surface area contributed by atoms with Gasteiger partial charge < -0.3 is 5.32 Å². The van der Waals surface area contributed by atoms with E-state index in [-0.39, 0.29) is 11.1 Å². The zero-order chi connectivity index (χ0) is 19.3. The molecule has 0 saturated carbocycles. The Balaban J connectivity index is 1.58. The summed E-state index contributed by atoms with van der Waals surface area (Å²) >= 11 is 6.09. The van der Waals surface area contributed by atoms with Gasteiger partial charge in [0, 0.05) is 17.3 Å². The quantitative estimate of drug-likeness (QED) is 0.458. The number of rotatable bonds is 4. The Morgan fingerprint density at radius 3 is 2.64 bits per heavy atom. The minimum atomic E-state index is -0.230. The molecular formula is C23H16ClN3O.